The Balaban J connectivity index is 1.52. The van der Waals surface area contributed by atoms with E-state index in [1.807, 2.05) is 11.0 Å². The van der Waals surface area contributed by atoms with Crippen LogP contribution in [0.1, 0.15) is 128 Å². The fourth-order valence-corrected chi connectivity index (χ4v) is 6.68. The van der Waals surface area contributed by atoms with E-state index in [2.05, 4.69) is 26.5 Å². The molecule has 2 amide bonds. The molecule has 0 radical (unpaired) electrons. The van der Waals surface area contributed by atoms with Crippen molar-refractivity contribution in [3.8, 4) is 12.3 Å². The molecule has 2 aromatic carbocycles. The molecule has 1 unspecified atom stereocenters. The Kier molecular flexibility index (Phi) is 14.3. The highest BCUT2D eigenvalue weighted by molar-refractivity contribution is 5.97. The molecule has 3 aromatic rings. The number of ether oxygens (including phenoxy) is 3. The zero-order chi connectivity index (χ0) is 44.0. The number of carbonyl (C=O) groups is 5. The lowest BCUT2D eigenvalue weighted by atomic mass is 10.0. The van der Waals surface area contributed by atoms with E-state index in [9.17, 15) is 28.8 Å². The van der Waals surface area contributed by atoms with Crippen LogP contribution in [0.3, 0.4) is 0 Å². The molecule has 1 heterocycles. The molecule has 0 saturated heterocycles. The van der Waals surface area contributed by atoms with Gasteiger partial charge in [0, 0.05) is 18.5 Å². The summed E-state index contributed by atoms with van der Waals surface area (Å²) in [5, 5.41) is 5.53. The van der Waals surface area contributed by atoms with Crippen molar-refractivity contribution in [2.24, 2.45) is 0 Å². The highest BCUT2D eigenvalue weighted by atomic mass is 19.1. The first-order valence-electron chi connectivity index (χ1n) is 19.6. The van der Waals surface area contributed by atoms with E-state index in [4.69, 9.17) is 20.6 Å². The number of hydrogen-bond acceptors (Lipinski definition) is 11. The van der Waals surface area contributed by atoms with Crippen molar-refractivity contribution in [1.29, 1.82) is 0 Å². The molecule has 0 saturated carbocycles. The van der Waals surface area contributed by atoms with Gasteiger partial charge in [0.2, 0.25) is 5.91 Å². The monoisotopic (exact) mass is 817 g/mol. The van der Waals surface area contributed by atoms with Crippen molar-refractivity contribution >= 4 is 46.3 Å². The SMILES string of the molecule is C#CCN(c1ccc(C(=O)N[C@@H](CCC(=O)N[C@H](CCC(=O)OC(C)(C)C)C(=O)OC(C)(C)C)C(=O)OC(C)(C)C)c(F)c1)C1CCc2cc3nc(C)[nH]c(=O)c3cc21. The van der Waals surface area contributed by atoms with Crippen molar-refractivity contribution in [1.82, 2.24) is 20.6 Å². The summed E-state index contributed by atoms with van der Waals surface area (Å²) in [4.78, 5) is 87.4. The number of benzene rings is 2. The molecule has 4 rings (SSSR count). The number of amides is 2. The fourth-order valence-electron chi connectivity index (χ4n) is 6.68. The second-order valence-corrected chi connectivity index (χ2v) is 17.6. The molecule has 1 aliphatic rings. The number of esters is 3. The normalized spacial score (nSPS) is 15.0. The van der Waals surface area contributed by atoms with Gasteiger partial charge in [0.15, 0.2) is 0 Å². The standard InChI is InChI=1S/C44H56FN5O9/c1-12-21-50(35-18-13-26-22-34-30(24-29(26)35)39(54)47-25(2)46-34)27-14-15-28(31(45)23-27)38(53)49-33(41(56)59-44(9,10)11)16-19-36(51)48-32(40(55)58-43(6,7)8)17-20-37(52)57-42(3,4)5/h1,14-15,22-24,32-33,35H,13,16-21H2,2-11H3,(H,48,51)(H,49,53)(H,46,47,54)/t32-,33+,35?/m1/s1. The number of terminal acetylenes is 1. The van der Waals surface area contributed by atoms with Gasteiger partial charge in [0.25, 0.3) is 11.5 Å². The van der Waals surface area contributed by atoms with Gasteiger partial charge in [-0.1, -0.05) is 5.92 Å². The number of aromatic nitrogens is 2. The van der Waals surface area contributed by atoms with Gasteiger partial charge < -0.3 is 34.7 Å². The van der Waals surface area contributed by atoms with Gasteiger partial charge in [0.05, 0.1) is 29.1 Å². The molecule has 14 nitrogen and oxygen atoms in total. The van der Waals surface area contributed by atoms with Crippen molar-refractivity contribution in [3.05, 3.63) is 69.0 Å². The third-order valence-corrected chi connectivity index (χ3v) is 9.04. The highest BCUT2D eigenvalue weighted by Crippen LogP contribution is 2.40. The average Bonchev–Trinajstić information content (AvgIpc) is 3.49. The third kappa shape index (κ3) is 13.1. The number of fused-ring (bicyclic) bond motifs is 2. The maximum absolute atomic E-state index is 15.9. The average molecular weight is 818 g/mol. The molecular weight excluding hydrogens is 762 g/mol. The third-order valence-electron chi connectivity index (χ3n) is 9.04. The Hall–Kier alpha value is -5.78. The number of carbonyl (C=O) groups excluding carboxylic acids is 5. The predicted molar refractivity (Wildman–Crippen MR) is 220 cm³/mol. The molecule has 59 heavy (non-hydrogen) atoms. The smallest absolute Gasteiger partial charge is 0.329 e. The number of halogens is 1. The van der Waals surface area contributed by atoms with Gasteiger partial charge in [-0.2, -0.15) is 0 Å². The predicted octanol–water partition coefficient (Wildman–Crippen LogP) is 5.67. The summed E-state index contributed by atoms with van der Waals surface area (Å²) in [6.45, 7) is 16.8. The van der Waals surface area contributed by atoms with E-state index in [0.29, 0.717) is 35.3 Å². The zero-order valence-corrected chi connectivity index (χ0v) is 35.6. The van der Waals surface area contributed by atoms with Crippen molar-refractivity contribution in [2.45, 2.75) is 143 Å². The molecule has 1 aliphatic carbocycles. The van der Waals surface area contributed by atoms with E-state index in [1.54, 1.807) is 81.4 Å². The van der Waals surface area contributed by atoms with E-state index in [1.165, 1.54) is 12.1 Å². The number of nitrogens with one attached hydrogen (secondary N) is 3. The Morgan fingerprint density at radius 2 is 1.49 bits per heavy atom. The summed E-state index contributed by atoms with van der Waals surface area (Å²) in [6, 6.07) is 4.82. The number of H-pyrrole nitrogens is 1. The molecule has 0 spiro atoms. The number of aryl methyl sites for hydroxylation is 2. The number of aromatic amines is 1. The molecule has 15 heteroatoms. The maximum atomic E-state index is 15.9. The molecule has 1 aromatic heterocycles. The summed E-state index contributed by atoms with van der Waals surface area (Å²) >= 11 is 0. The Bertz CT molecular complexity index is 2190. The molecule has 3 N–H and O–H groups in total. The van der Waals surface area contributed by atoms with E-state index in [0.717, 1.165) is 11.1 Å². The van der Waals surface area contributed by atoms with Gasteiger partial charge in [0.1, 0.15) is 40.5 Å². The molecule has 0 aliphatic heterocycles. The molecular formula is C44H56FN5O9. The first kappa shape index (κ1) is 45.9. The lowest BCUT2D eigenvalue weighted by Gasteiger charge is -2.30. The van der Waals surface area contributed by atoms with Crippen LogP contribution in [0.25, 0.3) is 10.9 Å². The minimum atomic E-state index is -1.39. The minimum Gasteiger partial charge on any atom is -0.460 e. The van der Waals surface area contributed by atoms with Crippen LogP contribution in [0.4, 0.5) is 10.1 Å². The number of rotatable bonds is 14. The maximum Gasteiger partial charge on any atom is 0.329 e. The Morgan fingerprint density at radius 3 is 2.07 bits per heavy atom. The van der Waals surface area contributed by atoms with Crippen LogP contribution in [-0.4, -0.2) is 75.1 Å². The minimum absolute atomic E-state index is 0.105. The van der Waals surface area contributed by atoms with Crippen LogP contribution in [0.5, 0.6) is 0 Å². The van der Waals surface area contributed by atoms with Gasteiger partial charge in [-0.05, 0) is 136 Å². The molecule has 0 bridgehead atoms. The molecule has 3 atom stereocenters. The van der Waals surface area contributed by atoms with Crippen LogP contribution in [0.2, 0.25) is 0 Å². The molecule has 0 fully saturated rings. The summed E-state index contributed by atoms with van der Waals surface area (Å²) < 4.78 is 32.3. The van der Waals surface area contributed by atoms with Crippen LogP contribution in [0, 0.1) is 25.1 Å². The number of hydrogen-bond donors (Lipinski definition) is 3. The lowest BCUT2D eigenvalue weighted by molar-refractivity contribution is -0.161. The number of anilines is 1. The summed E-state index contributed by atoms with van der Waals surface area (Å²) in [7, 11) is 0. The van der Waals surface area contributed by atoms with Crippen LogP contribution in [-0.2, 0) is 39.8 Å². The molecule has 318 valence electrons. The Labute approximate surface area is 344 Å². The van der Waals surface area contributed by atoms with E-state index in [-0.39, 0.29) is 49.4 Å². The topological polar surface area (TPSA) is 186 Å². The Morgan fingerprint density at radius 1 is 0.898 bits per heavy atom. The largest absolute Gasteiger partial charge is 0.460 e. The quantitative estimate of drug-likeness (QED) is 0.104. The van der Waals surface area contributed by atoms with Crippen molar-refractivity contribution in [2.75, 3.05) is 11.4 Å². The van der Waals surface area contributed by atoms with Crippen LogP contribution < -0.4 is 21.1 Å². The van der Waals surface area contributed by atoms with Gasteiger partial charge in [-0.3, -0.25) is 19.2 Å². The zero-order valence-electron chi connectivity index (χ0n) is 35.6. The van der Waals surface area contributed by atoms with Crippen LogP contribution >= 0.6 is 0 Å². The van der Waals surface area contributed by atoms with Gasteiger partial charge in [-0.15, -0.1) is 6.42 Å². The van der Waals surface area contributed by atoms with Crippen molar-refractivity contribution in [3.63, 3.8) is 0 Å². The second kappa shape index (κ2) is 18.4. The van der Waals surface area contributed by atoms with E-state index >= 15 is 4.39 Å². The number of nitrogens with zero attached hydrogens (tertiary/aromatic N) is 2. The summed E-state index contributed by atoms with van der Waals surface area (Å²) in [5.74, 6) is -1.55. The highest BCUT2D eigenvalue weighted by Gasteiger charge is 2.33. The summed E-state index contributed by atoms with van der Waals surface area (Å²) in [6.07, 6.45) is 6.15. The summed E-state index contributed by atoms with van der Waals surface area (Å²) in [5.41, 5.74) is -0.386. The van der Waals surface area contributed by atoms with Crippen LogP contribution in [0.15, 0.2) is 35.1 Å². The first-order valence-corrected chi connectivity index (χ1v) is 19.6. The lowest BCUT2D eigenvalue weighted by Crippen LogP contribution is -2.47. The van der Waals surface area contributed by atoms with Crippen molar-refractivity contribution < 1.29 is 42.6 Å². The van der Waals surface area contributed by atoms with Gasteiger partial charge in [-0.25, -0.2) is 19.0 Å². The first-order chi connectivity index (χ1) is 27.3. The van der Waals surface area contributed by atoms with E-state index < -0.39 is 64.4 Å². The fraction of sp³-hybridized carbons (Fsp3) is 0.523. The van der Waals surface area contributed by atoms with Gasteiger partial charge >= 0.3 is 17.9 Å². The second-order valence-electron chi connectivity index (χ2n) is 17.6.